The number of hydrogen-bond acceptors (Lipinski definition) is 4. The summed E-state index contributed by atoms with van der Waals surface area (Å²) < 4.78 is 5.16. The third kappa shape index (κ3) is 4.80. The molecular formula is C19H23NO4. The SMILES string of the molecule is CC(C)(C)c1ccc(C(=O)C[C@H](NCc2ccco2)C(=O)O)cc1. The van der Waals surface area contributed by atoms with Gasteiger partial charge in [-0.25, -0.2) is 0 Å². The van der Waals surface area contributed by atoms with Crippen molar-refractivity contribution in [2.24, 2.45) is 0 Å². The zero-order valence-electron chi connectivity index (χ0n) is 14.2. The van der Waals surface area contributed by atoms with Crippen LogP contribution < -0.4 is 5.32 Å². The first kappa shape index (κ1) is 17.9. The van der Waals surface area contributed by atoms with Crippen LogP contribution in [0.25, 0.3) is 0 Å². The molecular weight excluding hydrogens is 306 g/mol. The van der Waals surface area contributed by atoms with E-state index in [2.05, 4.69) is 26.1 Å². The molecule has 0 aliphatic carbocycles. The van der Waals surface area contributed by atoms with Crippen LogP contribution in [0.1, 0.15) is 48.9 Å². The lowest BCUT2D eigenvalue weighted by atomic mass is 9.86. The molecule has 1 atom stereocenters. The molecule has 5 nitrogen and oxygen atoms in total. The number of carboxylic acids is 1. The predicted octanol–water partition coefficient (Wildman–Crippen LogP) is 3.39. The quantitative estimate of drug-likeness (QED) is 0.761. The van der Waals surface area contributed by atoms with Crippen LogP contribution in [-0.4, -0.2) is 22.9 Å². The molecule has 0 spiro atoms. The van der Waals surface area contributed by atoms with Gasteiger partial charge in [0.2, 0.25) is 0 Å². The third-order valence-corrected chi connectivity index (χ3v) is 3.86. The summed E-state index contributed by atoms with van der Waals surface area (Å²) in [5.41, 5.74) is 1.66. The smallest absolute Gasteiger partial charge is 0.321 e. The van der Waals surface area contributed by atoms with E-state index in [1.807, 2.05) is 12.1 Å². The molecule has 0 bridgehead atoms. The highest BCUT2D eigenvalue weighted by molar-refractivity contribution is 5.98. The summed E-state index contributed by atoms with van der Waals surface area (Å²) in [6, 6.07) is 9.87. The molecule has 2 N–H and O–H groups in total. The van der Waals surface area contributed by atoms with Gasteiger partial charge in [-0.3, -0.25) is 14.9 Å². The summed E-state index contributed by atoms with van der Waals surface area (Å²) in [6.07, 6.45) is 1.42. The van der Waals surface area contributed by atoms with Crippen LogP contribution in [0.5, 0.6) is 0 Å². The standard InChI is InChI=1S/C19H23NO4/c1-19(2,3)14-8-6-13(7-9-14)17(21)11-16(18(22)23)20-12-15-5-4-10-24-15/h4-10,16,20H,11-12H2,1-3H3,(H,22,23)/t16-/m0/s1. The van der Waals surface area contributed by atoms with Crippen molar-refractivity contribution >= 4 is 11.8 Å². The maximum absolute atomic E-state index is 12.4. The molecule has 2 aromatic rings. The molecule has 0 saturated heterocycles. The minimum absolute atomic E-state index is 0.00970. The number of benzene rings is 1. The van der Waals surface area contributed by atoms with Crippen molar-refractivity contribution in [3.05, 3.63) is 59.5 Å². The monoisotopic (exact) mass is 329 g/mol. The fraction of sp³-hybridized carbons (Fsp3) is 0.368. The molecule has 0 aliphatic heterocycles. The van der Waals surface area contributed by atoms with Crippen LogP contribution in [0, 0.1) is 0 Å². The second-order valence-electron chi connectivity index (χ2n) is 6.81. The molecule has 1 aromatic carbocycles. The number of nitrogens with one attached hydrogen (secondary N) is 1. The zero-order valence-corrected chi connectivity index (χ0v) is 14.2. The first-order valence-electron chi connectivity index (χ1n) is 7.89. The maximum atomic E-state index is 12.4. The van der Waals surface area contributed by atoms with Gasteiger partial charge in [-0.1, -0.05) is 45.0 Å². The molecule has 24 heavy (non-hydrogen) atoms. The third-order valence-electron chi connectivity index (χ3n) is 3.86. The van der Waals surface area contributed by atoms with Gasteiger partial charge in [-0.15, -0.1) is 0 Å². The minimum atomic E-state index is -1.05. The van der Waals surface area contributed by atoms with Gasteiger partial charge in [0, 0.05) is 12.0 Å². The van der Waals surface area contributed by atoms with Crippen LogP contribution in [-0.2, 0) is 16.8 Å². The molecule has 1 aromatic heterocycles. The molecule has 1 heterocycles. The van der Waals surface area contributed by atoms with Gasteiger partial charge in [0.15, 0.2) is 5.78 Å². The maximum Gasteiger partial charge on any atom is 0.321 e. The summed E-state index contributed by atoms with van der Waals surface area (Å²) in [5, 5.41) is 12.1. The summed E-state index contributed by atoms with van der Waals surface area (Å²) >= 11 is 0. The van der Waals surface area contributed by atoms with Gasteiger partial charge >= 0.3 is 5.97 Å². The molecule has 5 heteroatoms. The first-order chi connectivity index (χ1) is 11.3. The van der Waals surface area contributed by atoms with Crippen molar-refractivity contribution in [1.29, 1.82) is 0 Å². The first-order valence-corrected chi connectivity index (χ1v) is 7.89. The Kier molecular flexibility index (Phi) is 5.57. The van der Waals surface area contributed by atoms with Gasteiger partial charge in [0.1, 0.15) is 11.8 Å². The number of rotatable bonds is 7. The fourth-order valence-corrected chi connectivity index (χ4v) is 2.34. The summed E-state index contributed by atoms with van der Waals surface area (Å²) in [5.74, 6) is -0.626. The molecule has 0 radical (unpaired) electrons. The van der Waals surface area contributed by atoms with Gasteiger partial charge in [-0.2, -0.15) is 0 Å². The summed E-state index contributed by atoms with van der Waals surface area (Å²) in [4.78, 5) is 23.7. The van der Waals surface area contributed by atoms with Crippen molar-refractivity contribution in [1.82, 2.24) is 5.32 Å². The molecule has 0 amide bonds. The number of carboxylic acid groups (broad SMARTS) is 1. The van der Waals surface area contributed by atoms with Crippen molar-refractivity contribution in [2.45, 2.75) is 45.2 Å². The van der Waals surface area contributed by atoms with Gasteiger partial charge in [0.05, 0.1) is 12.8 Å². The lowest BCUT2D eigenvalue weighted by Gasteiger charge is -2.19. The second-order valence-corrected chi connectivity index (χ2v) is 6.81. The van der Waals surface area contributed by atoms with E-state index in [1.54, 1.807) is 24.3 Å². The van der Waals surface area contributed by atoms with E-state index in [0.29, 0.717) is 11.3 Å². The Morgan fingerprint density at radius 3 is 2.33 bits per heavy atom. The summed E-state index contributed by atoms with van der Waals surface area (Å²) in [7, 11) is 0. The summed E-state index contributed by atoms with van der Waals surface area (Å²) in [6.45, 7) is 6.56. The average Bonchev–Trinajstić information content (AvgIpc) is 3.03. The Bertz CT molecular complexity index is 681. The molecule has 0 aliphatic rings. The number of hydrogen-bond donors (Lipinski definition) is 2. The fourth-order valence-electron chi connectivity index (χ4n) is 2.34. The predicted molar refractivity (Wildman–Crippen MR) is 91.1 cm³/mol. The number of Topliss-reactive ketones (excluding diaryl/α,β-unsaturated/α-hetero) is 1. The van der Waals surface area contributed by atoms with E-state index >= 15 is 0 Å². The van der Waals surface area contributed by atoms with Gasteiger partial charge < -0.3 is 9.52 Å². The largest absolute Gasteiger partial charge is 0.480 e. The van der Waals surface area contributed by atoms with Crippen LogP contribution in [0.3, 0.4) is 0 Å². The number of carbonyl (C=O) groups excluding carboxylic acids is 1. The number of furan rings is 1. The van der Waals surface area contributed by atoms with E-state index in [0.717, 1.165) is 5.56 Å². The lowest BCUT2D eigenvalue weighted by Crippen LogP contribution is -2.38. The molecule has 2 rings (SSSR count). The van der Waals surface area contributed by atoms with Crippen molar-refractivity contribution in [2.75, 3.05) is 0 Å². The number of carbonyl (C=O) groups is 2. The van der Waals surface area contributed by atoms with E-state index in [9.17, 15) is 14.7 Å². The average molecular weight is 329 g/mol. The van der Waals surface area contributed by atoms with E-state index in [1.165, 1.54) is 6.26 Å². The highest BCUT2D eigenvalue weighted by Gasteiger charge is 2.22. The zero-order chi connectivity index (χ0) is 17.7. The van der Waals surface area contributed by atoms with Gasteiger partial charge in [0.25, 0.3) is 0 Å². The molecule has 0 saturated carbocycles. The Labute approximate surface area is 141 Å². The highest BCUT2D eigenvalue weighted by atomic mass is 16.4. The topological polar surface area (TPSA) is 79.5 Å². The Morgan fingerprint density at radius 1 is 1.17 bits per heavy atom. The van der Waals surface area contributed by atoms with Crippen molar-refractivity contribution in [3.8, 4) is 0 Å². The highest BCUT2D eigenvalue weighted by Crippen LogP contribution is 2.22. The Hall–Kier alpha value is -2.40. The van der Waals surface area contributed by atoms with Crippen LogP contribution in [0.15, 0.2) is 47.1 Å². The number of ketones is 1. The lowest BCUT2D eigenvalue weighted by molar-refractivity contribution is -0.139. The normalized spacial score (nSPS) is 12.8. The van der Waals surface area contributed by atoms with E-state index in [-0.39, 0.29) is 24.2 Å². The van der Waals surface area contributed by atoms with Crippen molar-refractivity contribution in [3.63, 3.8) is 0 Å². The molecule has 0 fully saturated rings. The second kappa shape index (κ2) is 7.45. The minimum Gasteiger partial charge on any atom is -0.480 e. The van der Waals surface area contributed by atoms with Crippen LogP contribution in [0.4, 0.5) is 0 Å². The van der Waals surface area contributed by atoms with E-state index < -0.39 is 12.0 Å². The van der Waals surface area contributed by atoms with Crippen molar-refractivity contribution < 1.29 is 19.1 Å². The molecule has 128 valence electrons. The van der Waals surface area contributed by atoms with E-state index in [4.69, 9.17) is 4.42 Å². The Morgan fingerprint density at radius 2 is 1.83 bits per heavy atom. The van der Waals surface area contributed by atoms with Crippen LogP contribution >= 0.6 is 0 Å². The Balaban J connectivity index is 2.00. The van der Waals surface area contributed by atoms with Gasteiger partial charge in [-0.05, 0) is 23.1 Å². The van der Waals surface area contributed by atoms with Crippen LogP contribution in [0.2, 0.25) is 0 Å². The molecule has 0 unspecified atom stereocenters. The number of aliphatic carboxylic acids is 1.